The van der Waals surface area contributed by atoms with Crippen molar-refractivity contribution in [1.82, 2.24) is 9.80 Å². The number of amides is 1. The highest BCUT2D eigenvalue weighted by Crippen LogP contribution is 2.12. The SMILES string of the molecule is CCCCOCC(O)CN1CCN(CC(=O)N(C)c2ccccc2)CC1. The second-order valence-corrected chi connectivity index (χ2v) is 6.95. The first-order valence-corrected chi connectivity index (χ1v) is 9.62. The third kappa shape index (κ3) is 7.03. The van der Waals surface area contributed by atoms with Gasteiger partial charge in [0.15, 0.2) is 0 Å². The number of anilines is 1. The number of hydrogen-bond acceptors (Lipinski definition) is 5. The number of likely N-dealkylation sites (N-methyl/N-ethyl adjacent to an activating group) is 1. The fourth-order valence-electron chi connectivity index (χ4n) is 3.04. The average Bonchev–Trinajstić information content (AvgIpc) is 2.67. The van der Waals surface area contributed by atoms with Crippen LogP contribution in [0.5, 0.6) is 0 Å². The molecule has 0 saturated carbocycles. The summed E-state index contributed by atoms with van der Waals surface area (Å²) in [5.74, 6) is 0.106. The van der Waals surface area contributed by atoms with Crippen LogP contribution in [0.1, 0.15) is 19.8 Å². The Morgan fingerprint density at radius 2 is 1.85 bits per heavy atom. The van der Waals surface area contributed by atoms with E-state index in [-0.39, 0.29) is 5.91 Å². The van der Waals surface area contributed by atoms with Crippen molar-refractivity contribution in [2.45, 2.75) is 25.9 Å². The molecule has 1 amide bonds. The summed E-state index contributed by atoms with van der Waals surface area (Å²) in [5.41, 5.74) is 0.919. The van der Waals surface area contributed by atoms with Gasteiger partial charge in [0.25, 0.3) is 0 Å². The molecule has 0 spiro atoms. The summed E-state index contributed by atoms with van der Waals surface area (Å²) in [6, 6.07) is 9.72. The third-order valence-electron chi connectivity index (χ3n) is 4.76. The molecule has 1 aromatic carbocycles. The molecule has 1 aliphatic rings. The predicted molar refractivity (Wildman–Crippen MR) is 104 cm³/mol. The summed E-state index contributed by atoms with van der Waals surface area (Å²) in [6.07, 6.45) is 1.71. The fraction of sp³-hybridized carbons (Fsp3) is 0.650. The second-order valence-electron chi connectivity index (χ2n) is 6.95. The smallest absolute Gasteiger partial charge is 0.240 e. The highest BCUT2D eigenvalue weighted by molar-refractivity contribution is 5.94. The van der Waals surface area contributed by atoms with E-state index in [9.17, 15) is 9.90 Å². The van der Waals surface area contributed by atoms with Gasteiger partial charge >= 0.3 is 0 Å². The number of ether oxygens (including phenoxy) is 1. The summed E-state index contributed by atoms with van der Waals surface area (Å²) in [6.45, 7) is 7.75. The molecule has 2 rings (SSSR count). The van der Waals surface area contributed by atoms with E-state index in [0.717, 1.165) is 51.3 Å². The lowest BCUT2D eigenvalue weighted by molar-refractivity contribution is -0.120. The molecule has 146 valence electrons. The maximum atomic E-state index is 12.5. The Morgan fingerprint density at radius 3 is 2.50 bits per heavy atom. The van der Waals surface area contributed by atoms with Crippen molar-refractivity contribution < 1.29 is 14.6 Å². The van der Waals surface area contributed by atoms with Gasteiger partial charge in [0, 0.05) is 52.1 Å². The van der Waals surface area contributed by atoms with Gasteiger partial charge in [-0.15, -0.1) is 0 Å². The van der Waals surface area contributed by atoms with Gasteiger partial charge in [0.05, 0.1) is 19.3 Å². The Hall–Kier alpha value is -1.47. The van der Waals surface area contributed by atoms with Crippen LogP contribution in [-0.2, 0) is 9.53 Å². The maximum Gasteiger partial charge on any atom is 0.240 e. The molecule has 6 heteroatoms. The second kappa shape index (κ2) is 11.3. The first kappa shape index (κ1) is 20.8. The van der Waals surface area contributed by atoms with Crippen molar-refractivity contribution in [2.75, 3.05) is 64.4 Å². The molecule has 0 radical (unpaired) electrons. The van der Waals surface area contributed by atoms with Crippen molar-refractivity contribution in [3.8, 4) is 0 Å². The molecular weight excluding hydrogens is 330 g/mol. The molecule has 1 saturated heterocycles. The zero-order chi connectivity index (χ0) is 18.8. The van der Waals surface area contributed by atoms with Crippen molar-refractivity contribution in [3.05, 3.63) is 30.3 Å². The quantitative estimate of drug-likeness (QED) is 0.638. The number of aliphatic hydroxyl groups is 1. The van der Waals surface area contributed by atoms with Crippen LogP contribution < -0.4 is 4.90 Å². The van der Waals surface area contributed by atoms with Crippen LogP contribution in [0.2, 0.25) is 0 Å². The van der Waals surface area contributed by atoms with Crippen LogP contribution >= 0.6 is 0 Å². The first-order chi connectivity index (χ1) is 12.6. The van der Waals surface area contributed by atoms with Gasteiger partial charge in [0.1, 0.15) is 0 Å². The standard InChI is InChI=1S/C20H33N3O3/c1-3-4-14-26-17-19(24)15-22-10-12-23(13-11-22)16-20(25)21(2)18-8-6-5-7-9-18/h5-9,19,24H,3-4,10-17H2,1-2H3. The van der Waals surface area contributed by atoms with Crippen molar-refractivity contribution in [1.29, 1.82) is 0 Å². The zero-order valence-electron chi connectivity index (χ0n) is 16.1. The van der Waals surface area contributed by atoms with E-state index in [2.05, 4.69) is 16.7 Å². The molecule has 1 N–H and O–H groups in total. The molecule has 0 aromatic heterocycles. The molecular formula is C20H33N3O3. The Morgan fingerprint density at radius 1 is 1.19 bits per heavy atom. The number of carbonyl (C=O) groups is 1. The Kier molecular flexibility index (Phi) is 9.05. The minimum Gasteiger partial charge on any atom is -0.389 e. The normalized spacial score (nSPS) is 17.2. The number of nitrogens with zero attached hydrogens (tertiary/aromatic N) is 3. The number of unbranched alkanes of at least 4 members (excludes halogenated alkanes) is 1. The lowest BCUT2D eigenvalue weighted by Gasteiger charge is -2.35. The molecule has 0 aliphatic carbocycles. The molecule has 26 heavy (non-hydrogen) atoms. The minimum atomic E-state index is -0.441. The lowest BCUT2D eigenvalue weighted by atomic mass is 10.2. The Bertz CT molecular complexity index is 518. The molecule has 1 unspecified atom stereocenters. The van der Waals surface area contributed by atoms with Gasteiger partial charge in [-0.1, -0.05) is 31.5 Å². The van der Waals surface area contributed by atoms with E-state index < -0.39 is 6.10 Å². The summed E-state index contributed by atoms with van der Waals surface area (Å²) in [5, 5.41) is 10.1. The summed E-state index contributed by atoms with van der Waals surface area (Å²) < 4.78 is 5.48. The molecule has 6 nitrogen and oxygen atoms in total. The summed E-state index contributed by atoms with van der Waals surface area (Å²) in [4.78, 5) is 18.6. The highest BCUT2D eigenvalue weighted by atomic mass is 16.5. The molecule has 0 bridgehead atoms. The number of carbonyl (C=O) groups excluding carboxylic acids is 1. The van der Waals surface area contributed by atoms with Gasteiger partial charge < -0.3 is 14.7 Å². The molecule has 1 aromatic rings. The van der Waals surface area contributed by atoms with Crippen LogP contribution in [0.4, 0.5) is 5.69 Å². The van der Waals surface area contributed by atoms with Gasteiger partial charge in [-0.25, -0.2) is 0 Å². The van der Waals surface area contributed by atoms with Crippen molar-refractivity contribution >= 4 is 11.6 Å². The Balaban J connectivity index is 1.65. The van der Waals surface area contributed by atoms with Gasteiger partial charge in [-0.3, -0.25) is 14.6 Å². The highest BCUT2D eigenvalue weighted by Gasteiger charge is 2.22. The van der Waals surface area contributed by atoms with E-state index in [1.807, 2.05) is 37.4 Å². The maximum absolute atomic E-state index is 12.5. The minimum absolute atomic E-state index is 0.106. The van der Waals surface area contributed by atoms with Gasteiger partial charge in [0.2, 0.25) is 5.91 Å². The summed E-state index contributed by atoms with van der Waals surface area (Å²) in [7, 11) is 1.82. The van der Waals surface area contributed by atoms with Crippen LogP contribution in [0.25, 0.3) is 0 Å². The number of benzene rings is 1. The van der Waals surface area contributed by atoms with E-state index >= 15 is 0 Å². The van der Waals surface area contributed by atoms with Crippen LogP contribution in [-0.4, -0.2) is 86.4 Å². The van der Waals surface area contributed by atoms with Crippen molar-refractivity contribution in [3.63, 3.8) is 0 Å². The van der Waals surface area contributed by atoms with Crippen LogP contribution in [0.15, 0.2) is 30.3 Å². The van der Waals surface area contributed by atoms with Gasteiger partial charge in [-0.05, 0) is 18.6 Å². The first-order valence-electron chi connectivity index (χ1n) is 9.62. The number of hydrogen-bond donors (Lipinski definition) is 1. The number of aliphatic hydroxyl groups excluding tert-OH is 1. The largest absolute Gasteiger partial charge is 0.389 e. The number of para-hydroxylation sites is 1. The molecule has 1 fully saturated rings. The van der Waals surface area contributed by atoms with Gasteiger partial charge in [-0.2, -0.15) is 0 Å². The molecule has 1 atom stereocenters. The zero-order valence-corrected chi connectivity index (χ0v) is 16.1. The van der Waals surface area contributed by atoms with Crippen LogP contribution in [0.3, 0.4) is 0 Å². The van der Waals surface area contributed by atoms with E-state index in [1.54, 1.807) is 4.90 Å². The number of piperazine rings is 1. The topological polar surface area (TPSA) is 56.3 Å². The number of rotatable bonds is 10. The van der Waals surface area contributed by atoms with Crippen LogP contribution in [0, 0.1) is 0 Å². The van der Waals surface area contributed by atoms with Crippen molar-refractivity contribution in [2.24, 2.45) is 0 Å². The fourth-order valence-corrected chi connectivity index (χ4v) is 3.04. The molecule has 1 aliphatic heterocycles. The van der Waals surface area contributed by atoms with E-state index in [1.165, 1.54) is 0 Å². The third-order valence-corrected chi connectivity index (χ3v) is 4.76. The Labute approximate surface area is 157 Å². The molecule has 1 heterocycles. The average molecular weight is 364 g/mol. The van der Waals surface area contributed by atoms with E-state index in [4.69, 9.17) is 4.74 Å². The monoisotopic (exact) mass is 363 g/mol. The number of β-amino-alcohol motifs (C(OH)–C–C–N with tert-alkyl or cyclic N) is 1. The summed E-state index contributed by atoms with van der Waals surface area (Å²) >= 11 is 0. The van der Waals surface area contributed by atoms with E-state index in [0.29, 0.717) is 19.7 Å². The lowest BCUT2D eigenvalue weighted by Crippen LogP contribution is -2.51. The predicted octanol–water partition coefficient (Wildman–Crippen LogP) is 1.44.